The third kappa shape index (κ3) is 0.970. The first-order chi connectivity index (χ1) is 5.04. The highest BCUT2D eigenvalue weighted by atomic mass is 35.5. The Morgan fingerprint density at radius 1 is 1.64 bits per heavy atom. The van der Waals surface area contributed by atoms with E-state index < -0.39 is 11.4 Å². The van der Waals surface area contributed by atoms with Crippen molar-refractivity contribution in [3.63, 3.8) is 0 Å². The lowest BCUT2D eigenvalue weighted by atomic mass is 9.84. The van der Waals surface area contributed by atoms with Crippen LogP contribution in [0.1, 0.15) is 6.42 Å². The van der Waals surface area contributed by atoms with Gasteiger partial charge in [0.05, 0.1) is 11.5 Å². The molecule has 0 aromatic carbocycles. The molecule has 4 heteroatoms. The van der Waals surface area contributed by atoms with Crippen molar-refractivity contribution < 1.29 is 9.90 Å². The van der Waals surface area contributed by atoms with Gasteiger partial charge in [-0.1, -0.05) is 23.2 Å². The molecule has 0 heterocycles. The molecular formula is C7H4Cl2O2. The van der Waals surface area contributed by atoms with Crippen molar-refractivity contribution >= 4 is 29.0 Å². The zero-order valence-electron chi connectivity index (χ0n) is 5.40. The normalized spacial score (nSPS) is 29.8. The highest BCUT2D eigenvalue weighted by molar-refractivity contribution is 6.55. The molecule has 0 aromatic rings. The number of carbonyl (C=O) groups is 1. The van der Waals surface area contributed by atoms with Crippen molar-refractivity contribution in [2.75, 3.05) is 0 Å². The molecule has 58 valence electrons. The third-order valence-electron chi connectivity index (χ3n) is 1.49. The molecule has 0 amide bonds. The molecule has 0 saturated carbocycles. The fraction of sp³-hybridized carbons (Fsp3) is 0.286. The summed E-state index contributed by atoms with van der Waals surface area (Å²) < 4.78 is 0. The minimum absolute atomic E-state index is 0.0536. The zero-order chi connectivity index (χ0) is 8.65. The summed E-state index contributed by atoms with van der Waals surface area (Å²) >= 11 is 10.8. The lowest BCUT2D eigenvalue weighted by molar-refractivity contribution is -0.131. The monoisotopic (exact) mass is 190 g/mol. The molecule has 1 aliphatic carbocycles. The largest absolute Gasteiger partial charge is 0.375 e. The van der Waals surface area contributed by atoms with Crippen LogP contribution < -0.4 is 0 Å². The van der Waals surface area contributed by atoms with Gasteiger partial charge in [-0.25, -0.2) is 0 Å². The van der Waals surface area contributed by atoms with E-state index >= 15 is 0 Å². The number of ketones is 1. The average molecular weight is 191 g/mol. The molecule has 2 nitrogen and oxygen atoms in total. The molecule has 1 rings (SSSR count). The van der Waals surface area contributed by atoms with E-state index in [2.05, 4.69) is 5.92 Å². The van der Waals surface area contributed by atoms with Gasteiger partial charge in [0.2, 0.25) is 5.78 Å². The van der Waals surface area contributed by atoms with Gasteiger partial charge in [0.1, 0.15) is 5.03 Å². The molecule has 1 unspecified atom stereocenters. The van der Waals surface area contributed by atoms with Gasteiger partial charge in [0.25, 0.3) is 0 Å². The number of hydrogen-bond acceptors (Lipinski definition) is 2. The highest BCUT2D eigenvalue weighted by Gasteiger charge is 2.51. The topological polar surface area (TPSA) is 37.3 Å². The number of aliphatic hydroxyl groups is 1. The molecule has 0 fully saturated rings. The van der Waals surface area contributed by atoms with Crippen LogP contribution in [0.15, 0.2) is 10.1 Å². The van der Waals surface area contributed by atoms with E-state index in [4.69, 9.17) is 29.6 Å². The van der Waals surface area contributed by atoms with Gasteiger partial charge in [-0.05, 0) is 0 Å². The van der Waals surface area contributed by atoms with Gasteiger partial charge in [-0.2, -0.15) is 0 Å². The SMILES string of the molecule is C#CCC1(O)C(=O)C(Cl)=C1Cl. The second kappa shape index (κ2) is 2.53. The van der Waals surface area contributed by atoms with E-state index in [-0.39, 0.29) is 16.5 Å². The molecule has 0 aliphatic heterocycles. The average Bonchev–Trinajstić information content (AvgIpc) is 2.01. The summed E-state index contributed by atoms with van der Waals surface area (Å²) in [5.74, 6) is 1.55. The van der Waals surface area contributed by atoms with E-state index in [9.17, 15) is 9.90 Å². The van der Waals surface area contributed by atoms with Gasteiger partial charge < -0.3 is 5.11 Å². The van der Waals surface area contributed by atoms with Crippen LogP contribution in [0.3, 0.4) is 0 Å². The lowest BCUT2D eigenvalue weighted by Crippen LogP contribution is -2.47. The van der Waals surface area contributed by atoms with Crippen LogP contribution in [-0.4, -0.2) is 16.5 Å². The summed E-state index contributed by atoms with van der Waals surface area (Å²) in [5, 5.41) is 9.18. The quantitative estimate of drug-likeness (QED) is 0.628. The standard InChI is InChI=1S/C7H4Cl2O2/c1-2-3-7(11)5(9)4(8)6(7)10/h1,11H,3H2. The van der Waals surface area contributed by atoms with Crippen LogP contribution in [-0.2, 0) is 4.79 Å². The van der Waals surface area contributed by atoms with E-state index in [1.807, 2.05) is 0 Å². The van der Waals surface area contributed by atoms with E-state index in [0.717, 1.165) is 0 Å². The Bertz CT molecular complexity index is 287. The number of Topliss-reactive ketones (excluding diaryl/α,β-unsaturated/α-hetero) is 1. The second-order valence-electron chi connectivity index (χ2n) is 2.20. The van der Waals surface area contributed by atoms with Gasteiger partial charge in [-0.15, -0.1) is 12.3 Å². The Labute approximate surface area is 73.8 Å². The number of carbonyl (C=O) groups excluding carboxylic acids is 1. The predicted octanol–water partition coefficient (Wildman–Crippen LogP) is 1.01. The first-order valence-electron chi connectivity index (χ1n) is 2.80. The summed E-state index contributed by atoms with van der Waals surface area (Å²) in [4.78, 5) is 10.9. The number of terminal acetylenes is 1. The third-order valence-corrected chi connectivity index (χ3v) is 2.45. The molecule has 11 heavy (non-hydrogen) atoms. The lowest BCUT2D eigenvalue weighted by Gasteiger charge is -2.32. The molecule has 0 saturated heterocycles. The first kappa shape index (κ1) is 8.61. The summed E-state index contributed by atoms with van der Waals surface area (Å²) in [6, 6.07) is 0. The van der Waals surface area contributed by atoms with Crippen LogP contribution in [0.4, 0.5) is 0 Å². The number of rotatable bonds is 1. The number of hydrogen-bond donors (Lipinski definition) is 1. The smallest absolute Gasteiger partial charge is 0.213 e. The summed E-state index contributed by atoms with van der Waals surface area (Å²) in [5.41, 5.74) is -1.70. The van der Waals surface area contributed by atoms with E-state index in [1.54, 1.807) is 0 Å². The zero-order valence-corrected chi connectivity index (χ0v) is 6.91. The van der Waals surface area contributed by atoms with Gasteiger partial charge >= 0.3 is 0 Å². The minimum atomic E-state index is -1.70. The Kier molecular flexibility index (Phi) is 1.98. The maximum Gasteiger partial charge on any atom is 0.213 e. The van der Waals surface area contributed by atoms with Crippen molar-refractivity contribution in [2.24, 2.45) is 0 Å². The van der Waals surface area contributed by atoms with Crippen LogP contribution in [0.5, 0.6) is 0 Å². The maximum absolute atomic E-state index is 10.9. The molecule has 1 N–H and O–H groups in total. The first-order valence-corrected chi connectivity index (χ1v) is 3.56. The van der Waals surface area contributed by atoms with Gasteiger partial charge in [0, 0.05) is 0 Å². The Morgan fingerprint density at radius 2 is 2.18 bits per heavy atom. The molecule has 0 aromatic heterocycles. The van der Waals surface area contributed by atoms with Gasteiger partial charge in [0.15, 0.2) is 5.60 Å². The van der Waals surface area contributed by atoms with Crippen LogP contribution in [0.25, 0.3) is 0 Å². The minimum Gasteiger partial charge on any atom is -0.375 e. The Morgan fingerprint density at radius 3 is 2.55 bits per heavy atom. The van der Waals surface area contributed by atoms with Crippen molar-refractivity contribution in [3.05, 3.63) is 10.1 Å². The summed E-state index contributed by atoms with van der Waals surface area (Å²) in [6.07, 6.45) is 4.78. The molecular weight excluding hydrogens is 187 g/mol. The van der Waals surface area contributed by atoms with Gasteiger partial charge in [-0.3, -0.25) is 4.79 Å². The van der Waals surface area contributed by atoms with Crippen molar-refractivity contribution in [1.29, 1.82) is 0 Å². The van der Waals surface area contributed by atoms with E-state index in [0.29, 0.717) is 0 Å². The Balaban J connectivity index is 2.98. The van der Waals surface area contributed by atoms with Crippen molar-refractivity contribution in [3.8, 4) is 12.3 Å². The predicted molar refractivity (Wildman–Crippen MR) is 42.1 cm³/mol. The summed E-state index contributed by atoms with van der Waals surface area (Å²) in [6.45, 7) is 0. The molecule has 1 aliphatic rings. The second-order valence-corrected chi connectivity index (χ2v) is 2.95. The van der Waals surface area contributed by atoms with Crippen molar-refractivity contribution in [1.82, 2.24) is 0 Å². The molecule has 0 radical (unpaired) electrons. The van der Waals surface area contributed by atoms with Crippen LogP contribution >= 0.6 is 23.2 Å². The maximum atomic E-state index is 10.9. The molecule has 0 spiro atoms. The Hall–Kier alpha value is -0.490. The summed E-state index contributed by atoms with van der Waals surface area (Å²) in [7, 11) is 0. The molecule has 1 atom stereocenters. The van der Waals surface area contributed by atoms with E-state index in [1.165, 1.54) is 0 Å². The fourth-order valence-electron chi connectivity index (χ4n) is 0.806. The number of halogens is 2. The molecule has 0 bridgehead atoms. The van der Waals surface area contributed by atoms with Crippen LogP contribution in [0, 0.1) is 12.3 Å². The fourth-order valence-corrected chi connectivity index (χ4v) is 1.36. The highest BCUT2D eigenvalue weighted by Crippen LogP contribution is 2.41. The van der Waals surface area contributed by atoms with Crippen molar-refractivity contribution in [2.45, 2.75) is 12.0 Å². The van der Waals surface area contributed by atoms with Crippen LogP contribution in [0.2, 0.25) is 0 Å².